The Morgan fingerprint density at radius 1 is 0.967 bits per heavy atom. The van der Waals surface area contributed by atoms with Crippen LogP contribution in [0.3, 0.4) is 0 Å². The van der Waals surface area contributed by atoms with Gasteiger partial charge in [-0.25, -0.2) is 18.4 Å². The first-order valence-electron chi connectivity index (χ1n) is 9.31. The molecule has 2 aromatic heterocycles. The number of hydrogen-bond donors (Lipinski definition) is 1. The zero-order valence-electron chi connectivity index (χ0n) is 15.6. The van der Waals surface area contributed by atoms with Crippen molar-refractivity contribution in [3.8, 4) is 5.69 Å². The van der Waals surface area contributed by atoms with E-state index < -0.39 is 11.6 Å². The molecule has 0 radical (unpaired) electrons. The van der Waals surface area contributed by atoms with E-state index in [2.05, 4.69) is 20.4 Å². The van der Waals surface area contributed by atoms with Gasteiger partial charge in [-0.15, -0.1) is 5.10 Å². The largest absolute Gasteiger partial charge is 0.323 e. The van der Waals surface area contributed by atoms with Gasteiger partial charge in [-0.05, 0) is 42.8 Å². The summed E-state index contributed by atoms with van der Waals surface area (Å²) in [6.07, 6.45) is 4.18. The van der Waals surface area contributed by atoms with Crippen LogP contribution in [0.1, 0.15) is 6.42 Å². The van der Waals surface area contributed by atoms with Gasteiger partial charge in [-0.3, -0.25) is 0 Å². The molecule has 5 rings (SSSR count). The quantitative estimate of drug-likeness (QED) is 0.512. The number of hydrogen-bond acceptors (Lipinski definition) is 5. The molecular weight excluding hydrogens is 412 g/mol. The standard InChI is InChI=1S/C20H16ClF2N7/c21-18-11-28(12-24-18)14-4-2-13(3-5-14)25-19-26-20-29(8-1-9-30(20)27-19)15-6-7-16(22)17(23)10-15/h2-7,10-12H,1,8-9H2,(H,25,27). The van der Waals surface area contributed by atoms with Gasteiger partial charge in [0.15, 0.2) is 11.6 Å². The molecule has 1 aliphatic rings. The summed E-state index contributed by atoms with van der Waals surface area (Å²) in [4.78, 5) is 10.4. The maximum absolute atomic E-state index is 13.7. The molecular formula is C20H16ClF2N7. The van der Waals surface area contributed by atoms with Crippen molar-refractivity contribution in [1.82, 2.24) is 24.3 Å². The number of nitrogens with zero attached hydrogens (tertiary/aromatic N) is 6. The van der Waals surface area contributed by atoms with Crippen molar-refractivity contribution in [2.45, 2.75) is 13.0 Å². The van der Waals surface area contributed by atoms with E-state index in [1.54, 1.807) is 17.2 Å². The number of rotatable bonds is 4. The fraction of sp³-hybridized carbons (Fsp3) is 0.150. The summed E-state index contributed by atoms with van der Waals surface area (Å²) >= 11 is 5.86. The molecule has 3 heterocycles. The van der Waals surface area contributed by atoms with Gasteiger partial charge in [0.1, 0.15) is 11.5 Å². The monoisotopic (exact) mass is 427 g/mol. The average molecular weight is 428 g/mol. The predicted octanol–water partition coefficient (Wildman–Crippen LogP) is 4.68. The Kier molecular flexibility index (Phi) is 4.59. The number of fused-ring (bicyclic) bond motifs is 1. The second kappa shape index (κ2) is 7.42. The SMILES string of the molecule is Fc1ccc(N2CCCn3nc(Nc4ccc(-n5cnc(Cl)c5)cc4)nc32)cc1F. The third-order valence-corrected chi connectivity index (χ3v) is 5.03. The molecule has 0 unspecified atom stereocenters. The minimum Gasteiger partial charge on any atom is -0.323 e. The van der Waals surface area contributed by atoms with Gasteiger partial charge in [0.25, 0.3) is 0 Å². The zero-order valence-corrected chi connectivity index (χ0v) is 16.4. The van der Waals surface area contributed by atoms with Crippen LogP contribution in [0.15, 0.2) is 55.0 Å². The van der Waals surface area contributed by atoms with Gasteiger partial charge in [0.05, 0.1) is 0 Å². The van der Waals surface area contributed by atoms with Crippen LogP contribution in [-0.2, 0) is 6.54 Å². The number of aryl methyl sites for hydroxylation is 1. The lowest BCUT2D eigenvalue weighted by molar-refractivity contribution is 0.506. The van der Waals surface area contributed by atoms with Crippen molar-refractivity contribution in [2.24, 2.45) is 0 Å². The molecule has 4 aromatic rings. The fourth-order valence-electron chi connectivity index (χ4n) is 3.40. The summed E-state index contributed by atoms with van der Waals surface area (Å²) in [7, 11) is 0. The highest BCUT2D eigenvalue weighted by Gasteiger charge is 2.23. The summed E-state index contributed by atoms with van der Waals surface area (Å²) in [5, 5.41) is 8.11. The number of halogens is 3. The number of anilines is 4. The molecule has 0 fully saturated rings. The Bertz CT molecular complexity index is 1200. The van der Waals surface area contributed by atoms with Crippen LogP contribution in [0.5, 0.6) is 0 Å². The first-order chi connectivity index (χ1) is 14.6. The highest BCUT2D eigenvalue weighted by Crippen LogP contribution is 2.30. The third kappa shape index (κ3) is 3.48. The van der Waals surface area contributed by atoms with Crippen LogP contribution < -0.4 is 10.2 Å². The molecule has 7 nitrogen and oxygen atoms in total. The normalized spacial score (nSPS) is 13.4. The maximum Gasteiger partial charge on any atom is 0.248 e. The van der Waals surface area contributed by atoms with E-state index >= 15 is 0 Å². The molecule has 0 bridgehead atoms. The van der Waals surface area contributed by atoms with Gasteiger partial charge in [-0.2, -0.15) is 4.98 Å². The molecule has 0 aliphatic carbocycles. The molecule has 152 valence electrons. The van der Waals surface area contributed by atoms with Crippen LogP contribution >= 0.6 is 11.6 Å². The van der Waals surface area contributed by atoms with Gasteiger partial charge >= 0.3 is 0 Å². The molecule has 10 heteroatoms. The van der Waals surface area contributed by atoms with Gasteiger partial charge in [-0.1, -0.05) is 11.6 Å². The molecule has 30 heavy (non-hydrogen) atoms. The van der Waals surface area contributed by atoms with Crippen LogP contribution in [-0.4, -0.2) is 30.9 Å². The molecule has 1 N–H and O–H groups in total. The van der Waals surface area contributed by atoms with E-state index in [1.165, 1.54) is 12.1 Å². The number of aromatic nitrogens is 5. The summed E-state index contributed by atoms with van der Waals surface area (Å²) in [5.74, 6) is -0.750. The highest BCUT2D eigenvalue weighted by atomic mass is 35.5. The van der Waals surface area contributed by atoms with E-state index in [0.29, 0.717) is 35.8 Å². The Hall–Kier alpha value is -3.46. The van der Waals surface area contributed by atoms with Crippen molar-refractivity contribution in [1.29, 1.82) is 0 Å². The average Bonchev–Trinajstić information content (AvgIpc) is 3.36. The second-order valence-electron chi connectivity index (χ2n) is 6.84. The lowest BCUT2D eigenvalue weighted by Gasteiger charge is -2.27. The van der Waals surface area contributed by atoms with Crippen molar-refractivity contribution in [2.75, 3.05) is 16.8 Å². The Labute approximate surface area is 175 Å². The van der Waals surface area contributed by atoms with Crippen LogP contribution in [0.2, 0.25) is 5.15 Å². The number of imidazole rings is 1. The highest BCUT2D eigenvalue weighted by molar-refractivity contribution is 6.29. The fourth-order valence-corrected chi connectivity index (χ4v) is 3.55. The van der Waals surface area contributed by atoms with Gasteiger partial charge in [0, 0.05) is 42.4 Å². The molecule has 0 saturated heterocycles. The summed E-state index contributed by atoms with van der Waals surface area (Å²) in [6, 6.07) is 11.5. The lowest BCUT2D eigenvalue weighted by atomic mass is 10.2. The van der Waals surface area contributed by atoms with Crippen LogP contribution in [0.25, 0.3) is 5.69 Å². The Morgan fingerprint density at radius 2 is 1.77 bits per heavy atom. The van der Waals surface area contributed by atoms with Gasteiger partial charge in [0.2, 0.25) is 11.9 Å². The van der Waals surface area contributed by atoms with E-state index in [0.717, 1.165) is 23.9 Å². The molecule has 0 atom stereocenters. The predicted molar refractivity (Wildman–Crippen MR) is 110 cm³/mol. The lowest BCUT2D eigenvalue weighted by Crippen LogP contribution is -2.28. The minimum absolute atomic E-state index is 0.426. The first-order valence-corrected chi connectivity index (χ1v) is 9.69. The van der Waals surface area contributed by atoms with Crippen molar-refractivity contribution in [3.63, 3.8) is 0 Å². The molecule has 1 aliphatic heterocycles. The minimum atomic E-state index is -0.887. The third-order valence-electron chi connectivity index (χ3n) is 4.83. The van der Waals surface area contributed by atoms with E-state index in [4.69, 9.17) is 11.6 Å². The van der Waals surface area contributed by atoms with Crippen molar-refractivity contribution in [3.05, 3.63) is 71.8 Å². The second-order valence-corrected chi connectivity index (χ2v) is 7.22. The van der Waals surface area contributed by atoms with E-state index in [1.807, 2.05) is 33.7 Å². The number of nitrogens with one attached hydrogen (secondary N) is 1. The molecule has 0 spiro atoms. The van der Waals surface area contributed by atoms with E-state index in [9.17, 15) is 8.78 Å². The molecule has 0 amide bonds. The van der Waals surface area contributed by atoms with Crippen LogP contribution in [0.4, 0.5) is 32.1 Å². The zero-order chi connectivity index (χ0) is 20.7. The summed E-state index contributed by atoms with van der Waals surface area (Å²) in [5.41, 5.74) is 2.27. The molecule has 2 aromatic carbocycles. The maximum atomic E-state index is 13.7. The summed E-state index contributed by atoms with van der Waals surface area (Å²) in [6.45, 7) is 1.34. The topological polar surface area (TPSA) is 63.8 Å². The smallest absolute Gasteiger partial charge is 0.248 e. The summed E-state index contributed by atoms with van der Waals surface area (Å²) < 4.78 is 30.6. The Morgan fingerprint density at radius 3 is 2.50 bits per heavy atom. The van der Waals surface area contributed by atoms with E-state index in [-0.39, 0.29) is 0 Å². The first kappa shape index (κ1) is 18.6. The van der Waals surface area contributed by atoms with Crippen molar-refractivity contribution >= 4 is 34.9 Å². The Balaban J connectivity index is 1.38. The van der Waals surface area contributed by atoms with Gasteiger partial charge < -0.3 is 14.8 Å². The number of benzene rings is 2. The van der Waals surface area contributed by atoms with Crippen molar-refractivity contribution < 1.29 is 8.78 Å². The van der Waals surface area contributed by atoms with Crippen LogP contribution in [0, 0.1) is 11.6 Å². The molecule has 0 saturated carbocycles.